The number of amides is 1. The van der Waals surface area contributed by atoms with Crippen LogP contribution in [0.15, 0.2) is 53.1 Å². The van der Waals surface area contributed by atoms with Gasteiger partial charge in [0, 0.05) is 17.5 Å². The number of hydrogen-bond donors (Lipinski definition) is 0. The molecule has 0 bridgehead atoms. The number of pyridine rings is 1. The van der Waals surface area contributed by atoms with Crippen LogP contribution in [-0.2, 0) is 0 Å². The standard InChI is InChI=1S/C22H26N2O2/c1-5-15(3)24(16(4)6-2)22(25)18-14-20(21-12-9-13-26-21)23-19-11-8-7-10-17(18)19/h7-16H,5-6H2,1-4H3. The van der Waals surface area contributed by atoms with E-state index >= 15 is 0 Å². The van der Waals surface area contributed by atoms with Crippen molar-refractivity contribution in [2.75, 3.05) is 0 Å². The molecule has 2 unspecified atom stereocenters. The van der Waals surface area contributed by atoms with Crippen LogP contribution >= 0.6 is 0 Å². The van der Waals surface area contributed by atoms with Crippen molar-refractivity contribution in [1.29, 1.82) is 0 Å². The van der Waals surface area contributed by atoms with E-state index < -0.39 is 0 Å². The van der Waals surface area contributed by atoms with Crippen molar-refractivity contribution in [2.24, 2.45) is 0 Å². The summed E-state index contributed by atoms with van der Waals surface area (Å²) in [6.07, 6.45) is 3.46. The van der Waals surface area contributed by atoms with E-state index in [1.165, 1.54) is 0 Å². The highest BCUT2D eigenvalue weighted by Crippen LogP contribution is 2.27. The van der Waals surface area contributed by atoms with Crippen LogP contribution in [0.25, 0.3) is 22.4 Å². The van der Waals surface area contributed by atoms with Crippen LogP contribution in [-0.4, -0.2) is 27.9 Å². The number of carbonyl (C=O) groups is 1. The normalized spacial score (nSPS) is 13.5. The molecule has 4 heteroatoms. The average molecular weight is 350 g/mol. The van der Waals surface area contributed by atoms with Crippen LogP contribution in [0.4, 0.5) is 0 Å². The molecule has 0 radical (unpaired) electrons. The molecule has 1 aromatic carbocycles. The second kappa shape index (κ2) is 7.73. The summed E-state index contributed by atoms with van der Waals surface area (Å²) in [5, 5.41) is 0.879. The number of furan rings is 1. The lowest BCUT2D eigenvalue weighted by Crippen LogP contribution is -2.44. The molecule has 0 saturated heterocycles. The number of carbonyl (C=O) groups excluding carboxylic acids is 1. The molecule has 0 saturated carbocycles. The van der Waals surface area contributed by atoms with Crippen molar-refractivity contribution in [3.8, 4) is 11.5 Å². The summed E-state index contributed by atoms with van der Waals surface area (Å²) in [7, 11) is 0. The molecule has 0 N–H and O–H groups in total. The fraction of sp³-hybridized carbons (Fsp3) is 0.364. The fourth-order valence-corrected chi connectivity index (χ4v) is 3.27. The number of aromatic nitrogens is 1. The predicted molar refractivity (Wildman–Crippen MR) is 105 cm³/mol. The minimum absolute atomic E-state index is 0.0557. The highest BCUT2D eigenvalue weighted by molar-refractivity contribution is 6.07. The van der Waals surface area contributed by atoms with Crippen molar-refractivity contribution >= 4 is 16.8 Å². The Balaban J connectivity index is 2.17. The molecule has 1 amide bonds. The lowest BCUT2D eigenvalue weighted by Gasteiger charge is -2.34. The first-order valence-electron chi connectivity index (χ1n) is 9.33. The van der Waals surface area contributed by atoms with E-state index in [0.29, 0.717) is 17.0 Å². The molecule has 4 nitrogen and oxygen atoms in total. The molecule has 0 aliphatic heterocycles. The zero-order chi connectivity index (χ0) is 18.7. The van der Waals surface area contributed by atoms with Crippen LogP contribution in [0.5, 0.6) is 0 Å². The van der Waals surface area contributed by atoms with Crippen LogP contribution in [0, 0.1) is 0 Å². The van der Waals surface area contributed by atoms with Crippen molar-refractivity contribution in [1.82, 2.24) is 9.88 Å². The molecule has 3 rings (SSSR count). The molecule has 0 aliphatic carbocycles. The second-order valence-corrected chi connectivity index (χ2v) is 6.78. The third-order valence-corrected chi connectivity index (χ3v) is 5.09. The van der Waals surface area contributed by atoms with Gasteiger partial charge in [-0.3, -0.25) is 4.79 Å². The third-order valence-electron chi connectivity index (χ3n) is 5.09. The summed E-state index contributed by atoms with van der Waals surface area (Å²) >= 11 is 0. The number of benzene rings is 1. The van der Waals surface area contributed by atoms with E-state index in [0.717, 1.165) is 23.7 Å². The maximum Gasteiger partial charge on any atom is 0.255 e. The van der Waals surface area contributed by atoms with Gasteiger partial charge < -0.3 is 9.32 Å². The summed E-state index contributed by atoms with van der Waals surface area (Å²) in [5.74, 6) is 0.725. The van der Waals surface area contributed by atoms with Gasteiger partial charge in [-0.15, -0.1) is 0 Å². The molecule has 0 aliphatic rings. The zero-order valence-electron chi connectivity index (χ0n) is 15.9. The van der Waals surface area contributed by atoms with Gasteiger partial charge in [0.15, 0.2) is 5.76 Å². The van der Waals surface area contributed by atoms with E-state index in [-0.39, 0.29) is 18.0 Å². The molecule has 0 spiro atoms. The minimum Gasteiger partial charge on any atom is -0.463 e. The SMILES string of the molecule is CCC(C)N(C(=O)c1cc(-c2ccco2)nc2ccccc12)C(C)CC. The Morgan fingerprint density at radius 3 is 2.38 bits per heavy atom. The number of hydrogen-bond acceptors (Lipinski definition) is 3. The molecular formula is C22H26N2O2. The molecule has 3 aromatic rings. The van der Waals surface area contributed by atoms with Crippen molar-refractivity contribution < 1.29 is 9.21 Å². The Kier molecular flexibility index (Phi) is 5.40. The van der Waals surface area contributed by atoms with Gasteiger partial charge in [-0.25, -0.2) is 4.98 Å². The Morgan fingerprint density at radius 2 is 1.77 bits per heavy atom. The van der Waals surface area contributed by atoms with E-state index in [1.54, 1.807) is 6.26 Å². The molecule has 2 heterocycles. The maximum absolute atomic E-state index is 13.5. The van der Waals surface area contributed by atoms with Crippen molar-refractivity contribution in [3.05, 3.63) is 54.3 Å². The van der Waals surface area contributed by atoms with E-state index in [9.17, 15) is 4.79 Å². The summed E-state index contributed by atoms with van der Waals surface area (Å²) < 4.78 is 5.51. The monoisotopic (exact) mass is 350 g/mol. The maximum atomic E-state index is 13.5. The van der Waals surface area contributed by atoms with Crippen LogP contribution in [0.3, 0.4) is 0 Å². The van der Waals surface area contributed by atoms with Gasteiger partial charge in [0.05, 0.1) is 17.3 Å². The van der Waals surface area contributed by atoms with E-state index in [1.807, 2.05) is 47.4 Å². The molecular weight excluding hydrogens is 324 g/mol. The number of fused-ring (bicyclic) bond motifs is 1. The first-order chi connectivity index (χ1) is 12.6. The summed E-state index contributed by atoms with van der Waals surface area (Å²) in [6, 6.07) is 13.7. The van der Waals surface area contributed by atoms with Gasteiger partial charge in [0.1, 0.15) is 5.69 Å². The Bertz CT molecular complexity index is 876. The second-order valence-electron chi connectivity index (χ2n) is 6.78. The third kappa shape index (κ3) is 3.36. The highest BCUT2D eigenvalue weighted by atomic mass is 16.3. The number of nitrogens with zero attached hydrogens (tertiary/aromatic N) is 2. The lowest BCUT2D eigenvalue weighted by atomic mass is 10.0. The lowest BCUT2D eigenvalue weighted by molar-refractivity contribution is 0.0600. The molecule has 0 fully saturated rings. The quantitative estimate of drug-likeness (QED) is 0.587. The molecule has 2 aromatic heterocycles. The summed E-state index contributed by atoms with van der Waals surface area (Å²) in [6.45, 7) is 8.46. The number of rotatable bonds is 6. The Labute approximate surface area is 154 Å². The summed E-state index contributed by atoms with van der Waals surface area (Å²) in [4.78, 5) is 20.2. The van der Waals surface area contributed by atoms with Gasteiger partial charge in [-0.05, 0) is 51.0 Å². The van der Waals surface area contributed by atoms with Gasteiger partial charge in [0.2, 0.25) is 0 Å². The van der Waals surface area contributed by atoms with Gasteiger partial charge in [-0.1, -0.05) is 32.0 Å². The van der Waals surface area contributed by atoms with Gasteiger partial charge >= 0.3 is 0 Å². The van der Waals surface area contributed by atoms with Crippen LogP contribution < -0.4 is 0 Å². The van der Waals surface area contributed by atoms with Crippen molar-refractivity contribution in [2.45, 2.75) is 52.6 Å². The molecule has 26 heavy (non-hydrogen) atoms. The first-order valence-corrected chi connectivity index (χ1v) is 9.33. The topological polar surface area (TPSA) is 46.3 Å². The number of para-hydroxylation sites is 1. The van der Waals surface area contributed by atoms with Crippen molar-refractivity contribution in [3.63, 3.8) is 0 Å². The van der Waals surface area contributed by atoms with E-state index in [2.05, 4.69) is 32.7 Å². The summed E-state index contributed by atoms with van der Waals surface area (Å²) in [5.41, 5.74) is 2.17. The fourth-order valence-electron chi connectivity index (χ4n) is 3.27. The predicted octanol–water partition coefficient (Wildman–Crippen LogP) is 5.53. The Hall–Kier alpha value is -2.62. The smallest absolute Gasteiger partial charge is 0.255 e. The van der Waals surface area contributed by atoms with Gasteiger partial charge in [-0.2, -0.15) is 0 Å². The van der Waals surface area contributed by atoms with Crippen LogP contribution in [0.2, 0.25) is 0 Å². The van der Waals surface area contributed by atoms with E-state index in [4.69, 9.17) is 4.42 Å². The largest absolute Gasteiger partial charge is 0.463 e. The zero-order valence-corrected chi connectivity index (χ0v) is 15.9. The van der Waals surface area contributed by atoms with Gasteiger partial charge in [0.25, 0.3) is 5.91 Å². The first kappa shape index (κ1) is 18.2. The molecule has 2 atom stereocenters. The molecule has 136 valence electrons. The highest BCUT2D eigenvalue weighted by Gasteiger charge is 2.26. The minimum atomic E-state index is 0.0557. The average Bonchev–Trinajstić information content (AvgIpc) is 3.21. The van der Waals surface area contributed by atoms with Crippen LogP contribution in [0.1, 0.15) is 50.9 Å². The Morgan fingerprint density at radius 1 is 1.08 bits per heavy atom.